The summed E-state index contributed by atoms with van der Waals surface area (Å²) in [5.41, 5.74) is 4.33. The quantitative estimate of drug-likeness (QED) is 0.729. The predicted molar refractivity (Wildman–Crippen MR) is 106 cm³/mol. The average molecular weight is 366 g/mol. The zero-order chi connectivity index (χ0) is 19.6. The highest BCUT2D eigenvalue weighted by Gasteiger charge is 2.20. The Balaban J connectivity index is 1.79. The van der Waals surface area contributed by atoms with Crippen molar-refractivity contribution in [2.45, 2.75) is 19.9 Å². The smallest absolute Gasteiger partial charge is 0.270 e. The molecule has 0 radical (unpaired) electrons. The number of hydrogen-bond donors (Lipinski definition) is 1. The minimum atomic E-state index is -0.121. The van der Waals surface area contributed by atoms with Gasteiger partial charge < -0.3 is 15.0 Å². The minimum absolute atomic E-state index is 0.0570. The van der Waals surface area contributed by atoms with Crippen LogP contribution in [0.5, 0.6) is 5.75 Å². The number of pyridine rings is 1. The second-order valence-corrected chi connectivity index (χ2v) is 6.94. The zero-order valence-corrected chi connectivity index (χ0v) is 16.5. The van der Waals surface area contributed by atoms with Gasteiger partial charge in [-0.1, -0.05) is 12.1 Å². The number of fused-ring (bicyclic) bond motifs is 1. The Bertz CT molecular complexity index is 945. The summed E-state index contributed by atoms with van der Waals surface area (Å²) in [6.45, 7) is 4.38. The van der Waals surface area contributed by atoms with Crippen LogP contribution >= 0.6 is 0 Å². The summed E-state index contributed by atoms with van der Waals surface area (Å²) < 4.78 is 7.07. The summed E-state index contributed by atoms with van der Waals surface area (Å²) in [5, 5.41) is 3.07. The fraction of sp³-hybridized carbons (Fsp3) is 0.333. The molecule has 142 valence electrons. The van der Waals surface area contributed by atoms with Crippen LogP contribution in [-0.4, -0.2) is 47.9 Å². The number of ether oxygens (including phenoxy) is 1. The van der Waals surface area contributed by atoms with Gasteiger partial charge in [0.15, 0.2) is 0 Å². The van der Waals surface area contributed by atoms with Crippen molar-refractivity contribution in [1.82, 2.24) is 19.6 Å². The lowest BCUT2D eigenvalue weighted by molar-refractivity contribution is 0.0935. The molecule has 3 aromatic rings. The number of imidazole rings is 1. The van der Waals surface area contributed by atoms with E-state index in [0.29, 0.717) is 12.2 Å². The molecule has 6 heteroatoms. The Kier molecular flexibility index (Phi) is 5.46. The van der Waals surface area contributed by atoms with E-state index in [9.17, 15) is 4.79 Å². The molecule has 0 aliphatic carbocycles. The maximum Gasteiger partial charge on any atom is 0.270 e. The normalized spacial score (nSPS) is 12.4. The van der Waals surface area contributed by atoms with Gasteiger partial charge in [-0.2, -0.15) is 0 Å². The Morgan fingerprint density at radius 2 is 1.93 bits per heavy atom. The third-order valence-corrected chi connectivity index (χ3v) is 4.75. The monoisotopic (exact) mass is 366 g/mol. The number of rotatable bonds is 6. The Morgan fingerprint density at radius 1 is 1.22 bits per heavy atom. The number of carbonyl (C=O) groups excluding carboxylic acids is 1. The van der Waals surface area contributed by atoms with Gasteiger partial charge in [-0.15, -0.1) is 0 Å². The molecule has 0 saturated carbocycles. The highest BCUT2D eigenvalue weighted by Crippen LogP contribution is 2.21. The summed E-state index contributed by atoms with van der Waals surface area (Å²) in [7, 11) is 5.66. The van der Waals surface area contributed by atoms with Crippen LogP contribution in [0.4, 0.5) is 0 Å². The SMILES string of the molecule is COc1ccc(C(CNC(=O)c2c(C)nc3cc(C)ccn23)N(C)C)cc1. The van der Waals surface area contributed by atoms with Gasteiger partial charge in [0.1, 0.15) is 17.1 Å². The first-order chi connectivity index (χ1) is 12.9. The molecule has 0 saturated heterocycles. The standard InChI is InChI=1S/C21H26N4O2/c1-14-10-11-25-19(12-14)23-15(2)20(25)21(26)22-13-18(24(3)4)16-6-8-17(27-5)9-7-16/h6-12,18H,13H2,1-5H3,(H,22,26). The van der Waals surface area contributed by atoms with Gasteiger partial charge in [0.05, 0.1) is 18.8 Å². The van der Waals surface area contributed by atoms with Crippen molar-refractivity contribution < 1.29 is 9.53 Å². The van der Waals surface area contributed by atoms with E-state index < -0.39 is 0 Å². The summed E-state index contributed by atoms with van der Waals surface area (Å²) in [6.07, 6.45) is 1.90. The van der Waals surface area contributed by atoms with E-state index in [1.807, 2.05) is 74.9 Å². The van der Waals surface area contributed by atoms with Gasteiger partial charge >= 0.3 is 0 Å². The molecule has 0 spiro atoms. The molecule has 1 unspecified atom stereocenters. The van der Waals surface area contributed by atoms with Gasteiger partial charge in [0.25, 0.3) is 5.91 Å². The zero-order valence-electron chi connectivity index (χ0n) is 16.5. The molecule has 2 aromatic heterocycles. The van der Waals surface area contributed by atoms with Crippen LogP contribution in [0.1, 0.15) is 33.4 Å². The van der Waals surface area contributed by atoms with Crippen LogP contribution < -0.4 is 10.1 Å². The number of nitrogens with one attached hydrogen (secondary N) is 1. The first-order valence-corrected chi connectivity index (χ1v) is 8.94. The van der Waals surface area contributed by atoms with E-state index in [2.05, 4.69) is 15.2 Å². The van der Waals surface area contributed by atoms with E-state index >= 15 is 0 Å². The molecule has 2 heterocycles. The topological polar surface area (TPSA) is 58.9 Å². The van der Waals surface area contributed by atoms with Crippen molar-refractivity contribution in [3.63, 3.8) is 0 Å². The molecule has 0 aliphatic rings. The summed E-state index contributed by atoms with van der Waals surface area (Å²) in [5.74, 6) is 0.696. The number of carbonyl (C=O) groups is 1. The van der Waals surface area contributed by atoms with Gasteiger partial charge in [-0.3, -0.25) is 9.20 Å². The van der Waals surface area contributed by atoms with Crippen LogP contribution in [0.2, 0.25) is 0 Å². The number of methoxy groups -OCH3 is 1. The average Bonchev–Trinajstić information content (AvgIpc) is 2.96. The maximum atomic E-state index is 12.9. The van der Waals surface area contributed by atoms with Crippen molar-refractivity contribution in [3.8, 4) is 5.75 Å². The maximum absolute atomic E-state index is 12.9. The van der Waals surface area contributed by atoms with Crippen LogP contribution in [0, 0.1) is 13.8 Å². The van der Waals surface area contributed by atoms with Crippen LogP contribution in [0.15, 0.2) is 42.6 Å². The highest BCUT2D eigenvalue weighted by atomic mass is 16.5. The first kappa shape index (κ1) is 18.9. The number of amides is 1. The molecule has 0 aliphatic heterocycles. The molecular formula is C21H26N4O2. The molecule has 6 nitrogen and oxygen atoms in total. The number of hydrogen-bond acceptors (Lipinski definition) is 4. The Hall–Kier alpha value is -2.86. The van der Waals surface area contributed by atoms with Gasteiger partial charge in [-0.25, -0.2) is 4.98 Å². The largest absolute Gasteiger partial charge is 0.497 e. The minimum Gasteiger partial charge on any atom is -0.497 e. The van der Waals surface area contributed by atoms with E-state index in [-0.39, 0.29) is 11.9 Å². The van der Waals surface area contributed by atoms with Gasteiger partial charge in [-0.05, 0) is 63.3 Å². The third-order valence-electron chi connectivity index (χ3n) is 4.75. The van der Waals surface area contributed by atoms with Crippen molar-refractivity contribution in [3.05, 3.63) is 65.1 Å². The number of aromatic nitrogens is 2. The predicted octanol–water partition coefficient (Wildman–Crippen LogP) is 2.99. The summed E-state index contributed by atoms with van der Waals surface area (Å²) >= 11 is 0. The molecule has 1 aromatic carbocycles. The summed E-state index contributed by atoms with van der Waals surface area (Å²) in [6, 6.07) is 11.9. The fourth-order valence-corrected chi connectivity index (χ4v) is 3.24. The molecule has 0 bridgehead atoms. The molecular weight excluding hydrogens is 340 g/mol. The van der Waals surface area contributed by atoms with Gasteiger partial charge in [0, 0.05) is 12.7 Å². The molecule has 1 atom stereocenters. The molecule has 1 amide bonds. The van der Waals surface area contributed by atoms with Crippen molar-refractivity contribution >= 4 is 11.6 Å². The van der Waals surface area contributed by atoms with Crippen molar-refractivity contribution in [1.29, 1.82) is 0 Å². The Morgan fingerprint density at radius 3 is 2.56 bits per heavy atom. The number of likely N-dealkylation sites (N-methyl/N-ethyl adjacent to an activating group) is 1. The van der Waals surface area contributed by atoms with Crippen LogP contribution in [-0.2, 0) is 0 Å². The van der Waals surface area contributed by atoms with E-state index in [0.717, 1.165) is 28.2 Å². The van der Waals surface area contributed by atoms with Crippen LogP contribution in [0.25, 0.3) is 5.65 Å². The molecule has 0 fully saturated rings. The summed E-state index contributed by atoms with van der Waals surface area (Å²) in [4.78, 5) is 19.5. The second-order valence-electron chi connectivity index (χ2n) is 6.94. The lowest BCUT2D eigenvalue weighted by atomic mass is 10.1. The highest BCUT2D eigenvalue weighted by molar-refractivity contribution is 5.94. The molecule has 3 rings (SSSR count). The van der Waals surface area contributed by atoms with Crippen LogP contribution in [0.3, 0.4) is 0 Å². The number of nitrogens with zero attached hydrogens (tertiary/aromatic N) is 3. The lowest BCUT2D eigenvalue weighted by Gasteiger charge is -2.25. The van der Waals surface area contributed by atoms with E-state index in [1.54, 1.807) is 7.11 Å². The fourth-order valence-electron chi connectivity index (χ4n) is 3.24. The van der Waals surface area contributed by atoms with E-state index in [4.69, 9.17) is 4.74 Å². The Labute approximate surface area is 159 Å². The molecule has 1 N–H and O–H groups in total. The first-order valence-electron chi connectivity index (χ1n) is 8.94. The van der Waals surface area contributed by atoms with Crippen molar-refractivity contribution in [2.75, 3.05) is 27.7 Å². The lowest BCUT2D eigenvalue weighted by Crippen LogP contribution is -2.35. The molecule has 27 heavy (non-hydrogen) atoms. The van der Waals surface area contributed by atoms with E-state index in [1.165, 1.54) is 0 Å². The third kappa shape index (κ3) is 3.95. The van der Waals surface area contributed by atoms with Crippen molar-refractivity contribution in [2.24, 2.45) is 0 Å². The second kappa shape index (κ2) is 7.80. The number of aryl methyl sites for hydroxylation is 2. The van der Waals surface area contributed by atoms with Gasteiger partial charge in [0.2, 0.25) is 0 Å². The number of benzene rings is 1.